The van der Waals surface area contributed by atoms with Crippen molar-refractivity contribution in [3.8, 4) is 0 Å². The Kier molecular flexibility index (Phi) is 2.75. The third kappa shape index (κ3) is 1.63. The molecule has 1 aromatic rings. The van der Waals surface area contributed by atoms with Gasteiger partial charge in [-0.1, -0.05) is 56.4 Å². The van der Waals surface area contributed by atoms with Crippen molar-refractivity contribution in [3.05, 3.63) is 59.2 Å². The van der Waals surface area contributed by atoms with Gasteiger partial charge >= 0.3 is 0 Å². The van der Waals surface area contributed by atoms with Crippen LogP contribution >= 0.6 is 0 Å². The molecule has 1 aliphatic rings. The van der Waals surface area contributed by atoms with Crippen molar-refractivity contribution < 1.29 is 0 Å². The Morgan fingerprint density at radius 3 is 2.25 bits per heavy atom. The van der Waals surface area contributed by atoms with Crippen molar-refractivity contribution in [3.63, 3.8) is 0 Å². The zero-order valence-corrected chi connectivity index (χ0v) is 10.6. The summed E-state index contributed by atoms with van der Waals surface area (Å²) in [7, 11) is 0. The van der Waals surface area contributed by atoms with Gasteiger partial charge in [0.1, 0.15) is 0 Å². The predicted octanol–water partition coefficient (Wildman–Crippen LogP) is 4.32. The molecule has 0 N–H and O–H groups in total. The standard InChI is InChI=1S/C16H20/c1-12-8-7-9-13(2)15(12)16(4)11-6-5-10-14(16)3/h5-11,14H,1-4H3. The Morgan fingerprint density at radius 1 is 1.06 bits per heavy atom. The molecule has 0 radical (unpaired) electrons. The molecule has 2 rings (SSSR count). The molecule has 0 aromatic heterocycles. The molecule has 0 spiro atoms. The molecule has 1 aromatic carbocycles. The summed E-state index contributed by atoms with van der Waals surface area (Å²) in [5.41, 5.74) is 4.43. The fourth-order valence-electron chi connectivity index (χ4n) is 2.81. The van der Waals surface area contributed by atoms with E-state index in [9.17, 15) is 0 Å². The molecule has 2 atom stereocenters. The van der Waals surface area contributed by atoms with E-state index in [0.717, 1.165) is 0 Å². The van der Waals surface area contributed by atoms with E-state index in [1.165, 1.54) is 16.7 Å². The summed E-state index contributed by atoms with van der Waals surface area (Å²) in [5, 5.41) is 0. The van der Waals surface area contributed by atoms with E-state index >= 15 is 0 Å². The summed E-state index contributed by atoms with van der Waals surface area (Å²) in [5.74, 6) is 0.553. The van der Waals surface area contributed by atoms with Crippen LogP contribution < -0.4 is 0 Å². The quantitative estimate of drug-likeness (QED) is 0.650. The number of rotatable bonds is 1. The molecule has 1 aliphatic carbocycles. The van der Waals surface area contributed by atoms with Crippen LogP contribution in [0.15, 0.2) is 42.5 Å². The maximum absolute atomic E-state index is 2.34. The van der Waals surface area contributed by atoms with Gasteiger partial charge in [0.2, 0.25) is 0 Å². The molecule has 0 nitrogen and oxygen atoms in total. The molecule has 0 saturated heterocycles. The van der Waals surface area contributed by atoms with E-state index in [-0.39, 0.29) is 5.41 Å². The lowest BCUT2D eigenvalue weighted by Crippen LogP contribution is -2.30. The van der Waals surface area contributed by atoms with Crippen LogP contribution in [-0.2, 0) is 5.41 Å². The van der Waals surface area contributed by atoms with Crippen LogP contribution in [-0.4, -0.2) is 0 Å². The zero-order valence-electron chi connectivity index (χ0n) is 10.6. The highest BCUT2D eigenvalue weighted by Gasteiger charge is 2.32. The van der Waals surface area contributed by atoms with Gasteiger partial charge in [-0.05, 0) is 36.5 Å². The first-order valence-corrected chi connectivity index (χ1v) is 5.98. The van der Waals surface area contributed by atoms with Gasteiger partial charge in [0, 0.05) is 5.41 Å². The van der Waals surface area contributed by atoms with Crippen molar-refractivity contribution in [2.24, 2.45) is 5.92 Å². The van der Waals surface area contributed by atoms with Crippen LogP contribution in [0.2, 0.25) is 0 Å². The average Bonchev–Trinajstić information content (AvgIpc) is 2.22. The van der Waals surface area contributed by atoms with Crippen LogP contribution in [0.5, 0.6) is 0 Å². The van der Waals surface area contributed by atoms with E-state index in [4.69, 9.17) is 0 Å². The maximum Gasteiger partial charge on any atom is 0.0172 e. The Bertz CT molecular complexity index is 431. The lowest BCUT2D eigenvalue weighted by atomic mass is 9.68. The van der Waals surface area contributed by atoms with Gasteiger partial charge in [0.15, 0.2) is 0 Å². The fraction of sp³-hybridized carbons (Fsp3) is 0.375. The fourth-order valence-corrected chi connectivity index (χ4v) is 2.81. The van der Waals surface area contributed by atoms with Crippen LogP contribution in [0.3, 0.4) is 0 Å². The first-order chi connectivity index (χ1) is 7.55. The molecule has 84 valence electrons. The monoisotopic (exact) mass is 212 g/mol. The third-order valence-corrected chi connectivity index (χ3v) is 3.92. The largest absolute Gasteiger partial charge is 0.0805 e. The zero-order chi connectivity index (χ0) is 11.8. The molecular weight excluding hydrogens is 192 g/mol. The predicted molar refractivity (Wildman–Crippen MR) is 70.7 cm³/mol. The topological polar surface area (TPSA) is 0 Å². The number of benzene rings is 1. The van der Waals surface area contributed by atoms with Gasteiger partial charge in [0.25, 0.3) is 0 Å². The SMILES string of the molecule is Cc1cccc(C)c1C1(C)C=CC=CC1C. The molecule has 0 fully saturated rings. The second kappa shape index (κ2) is 3.93. The first kappa shape index (κ1) is 11.2. The molecule has 2 unspecified atom stereocenters. The molecule has 16 heavy (non-hydrogen) atoms. The van der Waals surface area contributed by atoms with E-state index in [2.05, 4.69) is 70.2 Å². The van der Waals surface area contributed by atoms with Gasteiger partial charge in [-0.3, -0.25) is 0 Å². The van der Waals surface area contributed by atoms with Crippen LogP contribution in [0.1, 0.15) is 30.5 Å². The Hall–Kier alpha value is -1.30. The summed E-state index contributed by atoms with van der Waals surface area (Å²) in [6, 6.07) is 6.57. The highest BCUT2D eigenvalue weighted by molar-refractivity contribution is 5.45. The molecule has 0 heterocycles. The smallest absolute Gasteiger partial charge is 0.0172 e. The minimum Gasteiger partial charge on any atom is -0.0805 e. The highest BCUT2D eigenvalue weighted by Crippen LogP contribution is 2.39. The number of aryl methyl sites for hydroxylation is 2. The summed E-state index contributed by atoms with van der Waals surface area (Å²) in [6.07, 6.45) is 8.96. The summed E-state index contributed by atoms with van der Waals surface area (Å²) < 4.78 is 0. The molecule has 0 saturated carbocycles. The molecule has 0 bridgehead atoms. The second-order valence-electron chi connectivity index (χ2n) is 5.08. The lowest BCUT2D eigenvalue weighted by molar-refractivity contribution is 0.453. The lowest BCUT2D eigenvalue weighted by Gasteiger charge is -2.36. The van der Waals surface area contributed by atoms with Crippen molar-refractivity contribution >= 4 is 0 Å². The van der Waals surface area contributed by atoms with Gasteiger partial charge < -0.3 is 0 Å². The Labute approximate surface area is 98.7 Å². The van der Waals surface area contributed by atoms with Crippen LogP contribution in [0.4, 0.5) is 0 Å². The average molecular weight is 212 g/mol. The Balaban J connectivity index is 2.59. The van der Waals surface area contributed by atoms with Gasteiger partial charge in [0.05, 0.1) is 0 Å². The summed E-state index contributed by atoms with van der Waals surface area (Å²) in [4.78, 5) is 0. The van der Waals surface area contributed by atoms with Gasteiger partial charge in [-0.15, -0.1) is 0 Å². The van der Waals surface area contributed by atoms with Crippen molar-refractivity contribution in [1.29, 1.82) is 0 Å². The highest BCUT2D eigenvalue weighted by atomic mass is 14.4. The summed E-state index contributed by atoms with van der Waals surface area (Å²) >= 11 is 0. The van der Waals surface area contributed by atoms with Crippen LogP contribution in [0, 0.1) is 19.8 Å². The van der Waals surface area contributed by atoms with Gasteiger partial charge in [-0.25, -0.2) is 0 Å². The third-order valence-electron chi connectivity index (χ3n) is 3.92. The normalized spacial score (nSPS) is 28.4. The van der Waals surface area contributed by atoms with Crippen molar-refractivity contribution in [1.82, 2.24) is 0 Å². The van der Waals surface area contributed by atoms with E-state index < -0.39 is 0 Å². The van der Waals surface area contributed by atoms with Crippen molar-refractivity contribution in [2.45, 2.75) is 33.1 Å². The number of hydrogen-bond acceptors (Lipinski definition) is 0. The minimum atomic E-state index is 0.143. The molecular formula is C16H20. The second-order valence-corrected chi connectivity index (χ2v) is 5.08. The van der Waals surface area contributed by atoms with Gasteiger partial charge in [-0.2, -0.15) is 0 Å². The van der Waals surface area contributed by atoms with Crippen LogP contribution in [0.25, 0.3) is 0 Å². The van der Waals surface area contributed by atoms with E-state index in [1.807, 2.05) is 0 Å². The first-order valence-electron chi connectivity index (χ1n) is 5.98. The van der Waals surface area contributed by atoms with E-state index in [0.29, 0.717) is 5.92 Å². The van der Waals surface area contributed by atoms with E-state index in [1.54, 1.807) is 0 Å². The number of hydrogen-bond donors (Lipinski definition) is 0. The maximum atomic E-state index is 2.34. The molecule has 0 aliphatic heterocycles. The number of allylic oxidation sites excluding steroid dienone is 4. The summed E-state index contributed by atoms with van der Waals surface area (Å²) in [6.45, 7) is 9.07. The molecule has 0 amide bonds. The molecule has 0 heteroatoms. The minimum absolute atomic E-state index is 0.143. The van der Waals surface area contributed by atoms with Crippen molar-refractivity contribution in [2.75, 3.05) is 0 Å². The Morgan fingerprint density at radius 2 is 1.69 bits per heavy atom.